The van der Waals surface area contributed by atoms with Crippen LogP contribution in [-0.4, -0.2) is 27.1 Å². The zero-order valence-electron chi connectivity index (χ0n) is 9.02. The lowest BCUT2D eigenvalue weighted by molar-refractivity contribution is 0.250. The molecule has 0 saturated carbocycles. The van der Waals surface area contributed by atoms with E-state index in [0.717, 1.165) is 11.3 Å². The number of aliphatic hydroxyl groups excluding tert-OH is 1. The molecule has 2 heterocycles. The number of hydrogen-bond donors (Lipinski definition) is 2. The van der Waals surface area contributed by atoms with Crippen molar-refractivity contribution in [1.29, 1.82) is 0 Å². The first-order valence-electron chi connectivity index (χ1n) is 5.16. The Morgan fingerprint density at radius 2 is 2.38 bits per heavy atom. The molecule has 1 atom stereocenters. The number of fused-ring (bicyclic) bond motifs is 1. The monoisotopic (exact) mass is 239 g/mol. The summed E-state index contributed by atoms with van der Waals surface area (Å²) in [4.78, 5) is 4.27. The predicted molar refractivity (Wildman–Crippen MR) is 63.6 cm³/mol. The Bertz CT molecular complexity index is 483. The van der Waals surface area contributed by atoms with E-state index < -0.39 is 0 Å². The first-order chi connectivity index (χ1) is 7.70. The van der Waals surface area contributed by atoms with Crippen LogP contribution < -0.4 is 5.32 Å². The third kappa shape index (κ3) is 2.35. The zero-order chi connectivity index (χ0) is 11.5. The average Bonchev–Trinajstić information content (AvgIpc) is 2.68. The molecule has 0 spiro atoms. The topological polar surface area (TPSA) is 49.6 Å². The molecular formula is C11H14ClN3O. The number of nitrogens with one attached hydrogen (secondary N) is 1. The van der Waals surface area contributed by atoms with Gasteiger partial charge in [0, 0.05) is 18.8 Å². The maximum atomic E-state index is 8.91. The molecule has 0 aliphatic heterocycles. The molecule has 5 heteroatoms. The number of pyridine rings is 1. The maximum absolute atomic E-state index is 8.91. The smallest absolute Gasteiger partial charge is 0.137 e. The summed E-state index contributed by atoms with van der Waals surface area (Å²) in [6.07, 6.45) is 3.65. The van der Waals surface area contributed by atoms with Gasteiger partial charge in [-0.05, 0) is 19.1 Å². The van der Waals surface area contributed by atoms with E-state index in [1.165, 1.54) is 0 Å². The lowest BCUT2D eigenvalue weighted by Crippen LogP contribution is -2.29. The zero-order valence-corrected chi connectivity index (χ0v) is 9.78. The highest BCUT2D eigenvalue weighted by Gasteiger charge is 2.05. The lowest BCUT2D eigenvalue weighted by Gasteiger charge is -2.10. The second-order valence-electron chi connectivity index (χ2n) is 3.79. The molecule has 16 heavy (non-hydrogen) atoms. The van der Waals surface area contributed by atoms with Crippen LogP contribution in [0.4, 0.5) is 0 Å². The molecule has 0 fully saturated rings. The summed E-state index contributed by atoms with van der Waals surface area (Å²) in [6.45, 7) is 2.71. The summed E-state index contributed by atoms with van der Waals surface area (Å²) >= 11 is 5.93. The Morgan fingerprint density at radius 1 is 1.56 bits per heavy atom. The molecule has 0 saturated heterocycles. The Labute approximate surface area is 98.9 Å². The Hall–Kier alpha value is -1.10. The number of nitrogens with zero attached hydrogens (tertiary/aromatic N) is 2. The van der Waals surface area contributed by atoms with Gasteiger partial charge in [-0.2, -0.15) is 0 Å². The Balaban J connectivity index is 2.21. The maximum Gasteiger partial charge on any atom is 0.137 e. The van der Waals surface area contributed by atoms with Gasteiger partial charge < -0.3 is 14.8 Å². The Morgan fingerprint density at radius 3 is 3.12 bits per heavy atom. The van der Waals surface area contributed by atoms with Crippen LogP contribution in [0.3, 0.4) is 0 Å². The number of hydrogen-bond acceptors (Lipinski definition) is 3. The highest BCUT2D eigenvalue weighted by atomic mass is 35.5. The molecular weight excluding hydrogens is 226 g/mol. The van der Waals surface area contributed by atoms with Crippen LogP contribution in [-0.2, 0) is 6.54 Å². The molecule has 0 aromatic carbocycles. The molecule has 2 aromatic rings. The minimum atomic E-state index is 0.0738. The van der Waals surface area contributed by atoms with Gasteiger partial charge in [0.1, 0.15) is 5.65 Å². The summed E-state index contributed by atoms with van der Waals surface area (Å²) in [6, 6.07) is 3.77. The van der Waals surface area contributed by atoms with Crippen molar-refractivity contribution in [2.24, 2.45) is 0 Å². The highest BCUT2D eigenvalue weighted by Crippen LogP contribution is 2.12. The normalized spacial score (nSPS) is 13.2. The lowest BCUT2D eigenvalue weighted by atomic mass is 10.3. The fourth-order valence-corrected chi connectivity index (χ4v) is 1.64. The molecule has 2 aromatic heterocycles. The second kappa shape index (κ2) is 4.82. The van der Waals surface area contributed by atoms with E-state index in [2.05, 4.69) is 10.3 Å². The van der Waals surface area contributed by atoms with Crippen LogP contribution in [0.25, 0.3) is 5.65 Å². The van der Waals surface area contributed by atoms with Gasteiger partial charge in [0.05, 0.1) is 23.5 Å². The van der Waals surface area contributed by atoms with E-state index in [9.17, 15) is 0 Å². The van der Waals surface area contributed by atoms with E-state index in [1.54, 1.807) is 0 Å². The van der Waals surface area contributed by atoms with Crippen molar-refractivity contribution in [3.63, 3.8) is 0 Å². The standard InChI is InChI=1S/C11H14ClN3O/c1-8(7-16)13-4-10-5-14-11-3-2-9(12)6-15(10)11/h2-3,5-6,8,13,16H,4,7H2,1H3. The number of aromatic nitrogens is 2. The number of rotatable bonds is 4. The summed E-state index contributed by atoms with van der Waals surface area (Å²) < 4.78 is 1.94. The van der Waals surface area contributed by atoms with Gasteiger partial charge in [0.25, 0.3) is 0 Å². The molecule has 4 nitrogen and oxygen atoms in total. The summed E-state index contributed by atoms with van der Waals surface area (Å²) in [5, 5.41) is 12.8. The third-order valence-electron chi connectivity index (χ3n) is 2.45. The molecule has 0 aliphatic carbocycles. The van der Waals surface area contributed by atoms with Gasteiger partial charge in [-0.1, -0.05) is 11.6 Å². The third-order valence-corrected chi connectivity index (χ3v) is 2.68. The second-order valence-corrected chi connectivity index (χ2v) is 4.23. The summed E-state index contributed by atoms with van der Waals surface area (Å²) in [7, 11) is 0. The molecule has 0 bridgehead atoms. The summed E-state index contributed by atoms with van der Waals surface area (Å²) in [5.74, 6) is 0. The van der Waals surface area contributed by atoms with E-state index in [-0.39, 0.29) is 12.6 Å². The SMILES string of the molecule is CC(CO)NCc1cnc2ccc(Cl)cn12. The van der Waals surface area contributed by atoms with E-state index in [0.29, 0.717) is 11.6 Å². The van der Waals surface area contributed by atoms with Gasteiger partial charge in [0.2, 0.25) is 0 Å². The number of imidazole rings is 1. The van der Waals surface area contributed by atoms with Crippen molar-refractivity contribution in [3.05, 3.63) is 35.2 Å². The van der Waals surface area contributed by atoms with Gasteiger partial charge >= 0.3 is 0 Å². The number of aliphatic hydroxyl groups is 1. The van der Waals surface area contributed by atoms with Crippen molar-refractivity contribution in [2.75, 3.05) is 6.61 Å². The largest absolute Gasteiger partial charge is 0.395 e. The number of halogens is 1. The summed E-state index contributed by atoms with van der Waals surface area (Å²) in [5.41, 5.74) is 1.90. The highest BCUT2D eigenvalue weighted by molar-refractivity contribution is 6.30. The van der Waals surface area contributed by atoms with E-state index >= 15 is 0 Å². The average molecular weight is 240 g/mol. The van der Waals surface area contributed by atoms with Gasteiger partial charge in [-0.15, -0.1) is 0 Å². The van der Waals surface area contributed by atoms with Crippen LogP contribution in [0.1, 0.15) is 12.6 Å². The van der Waals surface area contributed by atoms with Crippen LogP contribution >= 0.6 is 11.6 Å². The molecule has 2 rings (SSSR count). The van der Waals surface area contributed by atoms with Crippen molar-refractivity contribution >= 4 is 17.2 Å². The van der Waals surface area contributed by atoms with Gasteiger partial charge in [-0.25, -0.2) is 4.98 Å². The fraction of sp³-hybridized carbons (Fsp3) is 0.364. The van der Waals surface area contributed by atoms with Crippen LogP contribution in [0.5, 0.6) is 0 Å². The minimum Gasteiger partial charge on any atom is -0.395 e. The van der Waals surface area contributed by atoms with Gasteiger partial charge in [0.15, 0.2) is 0 Å². The molecule has 0 amide bonds. The first-order valence-corrected chi connectivity index (χ1v) is 5.54. The van der Waals surface area contributed by atoms with Crippen molar-refractivity contribution in [3.8, 4) is 0 Å². The van der Waals surface area contributed by atoms with Crippen LogP contribution in [0.15, 0.2) is 24.5 Å². The first kappa shape index (κ1) is 11.4. The van der Waals surface area contributed by atoms with Gasteiger partial charge in [-0.3, -0.25) is 0 Å². The molecule has 0 radical (unpaired) electrons. The predicted octanol–water partition coefficient (Wildman–Crippen LogP) is 1.46. The van der Waals surface area contributed by atoms with Crippen LogP contribution in [0.2, 0.25) is 5.02 Å². The minimum absolute atomic E-state index is 0.0738. The van der Waals surface area contributed by atoms with E-state index in [1.807, 2.05) is 35.9 Å². The van der Waals surface area contributed by atoms with Crippen molar-refractivity contribution in [1.82, 2.24) is 14.7 Å². The Kier molecular flexibility index (Phi) is 3.43. The fourth-order valence-electron chi connectivity index (χ4n) is 1.48. The van der Waals surface area contributed by atoms with E-state index in [4.69, 9.17) is 16.7 Å². The van der Waals surface area contributed by atoms with Crippen molar-refractivity contribution in [2.45, 2.75) is 19.5 Å². The molecule has 86 valence electrons. The quantitative estimate of drug-likeness (QED) is 0.849. The molecule has 2 N–H and O–H groups in total. The molecule has 0 aliphatic rings. The van der Waals surface area contributed by atoms with Crippen molar-refractivity contribution < 1.29 is 5.11 Å². The van der Waals surface area contributed by atoms with Crippen LogP contribution in [0, 0.1) is 0 Å². The molecule has 1 unspecified atom stereocenters.